The molecule has 1 amide bonds. The van der Waals surface area contributed by atoms with E-state index in [2.05, 4.69) is 62.3 Å². The summed E-state index contributed by atoms with van der Waals surface area (Å²) in [6.07, 6.45) is 1.02. The van der Waals surface area contributed by atoms with E-state index in [1.165, 1.54) is 5.69 Å². The smallest absolute Gasteiger partial charge is 0.238 e. The molecule has 0 aromatic heterocycles. The number of carbonyl (C=O) groups excluding carboxylic acids is 1. The number of nitrogens with one attached hydrogen (secondary N) is 2. The van der Waals surface area contributed by atoms with Crippen LogP contribution in [0.1, 0.15) is 41.0 Å². The minimum Gasteiger partial charge on any atom is -0.369 e. The Balaban J connectivity index is 2.56. The van der Waals surface area contributed by atoms with Crippen LogP contribution >= 0.6 is 0 Å². The zero-order valence-electron chi connectivity index (χ0n) is 13.9. The Kier molecular flexibility index (Phi) is 7.23. The summed E-state index contributed by atoms with van der Waals surface area (Å²) in [5.41, 5.74) is 2.03. The molecule has 0 fully saturated rings. The fourth-order valence-electron chi connectivity index (χ4n) is 2.20. The van der Waals surface area contributed by atoms with Gasteiger partial charge in [0.25, 0.3) is 0 Å². The Morgan fingerprint density at radius 3 is 2.24 bits per heavy atom. The van der Waals surface area contributed by atoms with E-state index in [4.69, 9.17) is 0 Å². The average molecular weight is 291 g/mol. The third-order valence-electron chi connectivity index (χ3n) is 3.67. The van der Waals surface area contributed by atoms with Crippen molar-refractivity contribution in [2.45, 2.75) is 53.1 Å². The van der Waals surface area contributed by atoms with E-state index < -0.39 is 0 Å². The van der Waals surface area contributed by atoms with Crippen molar-refractivity contribution in [2.75, 3.05) is 23.3 Å². The van der Waals surface area contributed by atoms with E-state index in [0.29, 0.717) is 18.6 Å². The maximum absolute atomic E-state index is 11.8. The lowest BCUT2D eigenvalue weighted by molar-refractivity contribution is -0.115. The van der Waals surface area contributed by atoms with Gasteiger partial charge in [0.2, 0.25) is 5.91 Å². The molecule has 2 N–H and O–H groups in total. The summed E-state index contributed by atoms with van der Waals surface area (Å²) in [5.74, 6) is -0.000688. The molecule has 1 atom stereocenters. The van der Waals surface area contributed by atoms with Crippen molar-refractivity contribution in [3.63, 3.8) is 0 Å². The number of hydrogen-bond donors (Lipinski definition) is 2. The molecule has 0 radical (unpaired) electrons. The molecule has 1 rings (SSSR count). The lowest BCUT2D eigenvalue weighted by atomic mass is 10.2. The van der Waals surface area contributed by atoms with Gasteiger partial charge in [-0.3, -0.25) is 4.79 Å². The molecule has 0 aliphatic carbocycles. The zero-order chi connectivity index (χ0) is 15.8. The molecule has 0 aliphatic heterocycles. The van der Waals surface area contributed by atoms with E-state index >= 15 is 0 Å². The molecule has 1 unspecified atom stereocenters. The van der Waals surface area contributed by atoms with E-state index in [1.807, 2.05) is 12.1 Å². The van der Waals surface area contributed by atoms with Gasteiger partial charge in [-0.25, -0.2) is 0 Å². The highest BCUT2D eigenvalue weighted by Gasteiger charge is 2.09. The standard InChI is InChI=1S/C17H29N3O/c1-6-14(5)18-12-17(21)19-15-8-10-16(11-9-15)20(7-2)13(3)4/h8-11,13-14,18H,6-7,12H2,1-5H3,(H,19,21). The van der Waals surface area contributed by atoms with Crippen LogP contribution in [0.25, 0.3) is 0 Å². The number of amides is 1. The molecule has 4 heteroatoms. The summed E-state index contributed by atoms with van der Waals surface area (Å²) in [6.45, 7) is 12.0. The molecule has 118 valence electrons. The predicted octanol–water partition coefficient (Wildman–Crippen LogP) is 3.25. The van der Waals surface area contributed by atoms with Gasteiger partial charge in [-0.15, -0.1) is 0 Å². The Labute approximate surface area is 128 Å². The van der Waals surface area contributed by atoms with Gasteiger partial charge in [0.1, 0.15) is 0 Å². The van der Waals surface area contributed by atoms with Gasteiger partial charge >= 0.3 is 0 Å². The maximum Gasteiger partial charge on any atom is 0.238 e. The molecule has 0 saturated carbocycles. The summed E-state index contributed by atoms with van der Waals surface area (Å²) >= 11 is 0. The summed E-state index contributed by atoms with van der Waals surface area (Å²) in [4.78, 5) is 14.1. The SMILES string of the molecule is CCC(C)NCC(=O)Nc1ccc(N(CC)C(C)C)cc1. The predicted molar refractivity (Wildman–Crippen MR) is 91.0 cm³/mol. The summed E-state index contributed by atoms with van der Waals surface area (Å²) in [5, 5.41) is 6.10. The van der Waals surface area contributed by atoms with Crippen molar-refractivity contribution >= 4 is 17.3 Å². The first-order valence-electron chi connectivity index (χ1n) is 7.87. The molecule has 21 heavy (non-hydrogen) atoms. The minimum atomic E-state index is -0.000688. The lowest BCUT2D eigenvalue weighted by Gasteiger charge is -2.27. The molecular formula is C17H29N3O. The third kappa shape index (κ3) is 5.76. The topological polar surface area (TPSA) is 44.4 Å². The maximum atomic E-state index is 11.8. The van der Waals surface area contributed by atoms with Gasteiger partial charge in [0, 0.05) is 30.0 Å². The van der Waals surface area contributed by atoms with E-state index in [1.54, 1.807) is 0 Å². The second kappa shape index (κ2) is 8.67. The van der Waals surface area contributed by atoms with Crippen LogP contribution in [0.2, 0.25) is 0 Å². The van der Waals surface area contributed by atoms with Crippen molar-refractivity contribution in [1.82, 2.24) is 5.32 Å². The summed E-state index contributed by atoms with van der Waals surface area (Å²) < 4.78 is 0. The van der Waals surface area contributed by atoms with Crippen molar-refractivity contribution in [1.29, 1.82) is 0 Å². The largest absolute Gasteiger partial charge is 0.369 e. The number of rotatable bonds is 8. The van der Waals surface area contributed by atoms with Crippen LogP contribution in [0.5, 0.6) is 0 Å². The highest BCUT2D eigenvalue weighted by molar-refractivity contribution is 5.92. The second-order valence-electron chi connectivity index (χ2n) is 5.67. The minimum absolute atomic E-state index is 0.000688. The van der Waals surface area contributed by atoms with Crippen LogP contribution in [0, 0.1) is 0 Å². The van der Waals surface area contributed by atoms with E-state index in [0.717, 1.165) is 18.7 Å². The van der Waals surface area contributed by atoms with E-state index in [9.17, 15) is 4.79 Å². The molecule has 4 nitrogen and oxygen atoms in total. The zero-order valence-corrected chi connectivity index (χ0v) is 13.9. The fourth-order valence-corrected chi connectivity index (χ4v) is 2.20. The van der Waals surface area contributed by atoms with Crippen LogP contribution in [0.4, 0.5) is 11.4 Å². The molecule has 0 bridgehead atoms. The number of anilines is 2. The second-order valence-corrected chi connectivity index (χ2v) is 5.67. The molecule has 0 aliphatic rings. The molecule has 1 aromatic carbocycles. The first kappa shape index (κ1) is 17.5. The normalized spacial score (nSPS) is 12.3. The highest BCUT2D eigenvalue weighted by atomic mass is 16.1. The lowest BCUT2D eigenvalue weighted by Crippen LogP contribution is -2.34. The molecule has 0 saturated heterocycles. The molecule has 0 spiro atoms. The van der Waals surface area contributed by atoms with Crippen molar-refractivity contribution in [2.24, 2.45) is 0 Å². The number of hydrogen-bond acceptors (Lipinski definition) is 3. The summed E-state index contributed by atoms with van der Waals surface area (Å²) in [7, 11) is 0. The fraction of sp³-hybridized carbons (Fsp3) is 0.588. The Morgan fingerprint density at radius 1 is 1.14 bits per heavy atom. The van der Waals surface area contributed by atoms with Crippen LogP contribution < -0.4 is 15.5 Å². The quantitative estimate of drug-likeness (QED) is 0.773. The van der Waals surface area contributed by atoms with Gasteiger partial charge in [-0.05, 0) is 58.4 Å². The first-order valence-corrected chi connectivity index (χ1v) is 7.87. The Morgan fingerprint density at radius 2 is 1.76 bits per heavy atom. The number of carbonyl (C=O) groups is 1. The van der Waals surface area contributed by atoms with Crippen molar-refractivity contribution in [3.8, 4) is 0 Å². The average Bonchev–Trinajstić information content (AvgIpc) is 2.47. The Hall–Kier alpha value is -1.55. The monoisotopic (exact) mass is 291 g/mol. The summed E-state index contributed by atoms with van der Waals surface area (Å²) in [6, 6.07) is 8.86. The van der Waals surface area contributed by atoms with Crippen LogP contribution in [-0.2, 0) is 4.79 Å². The van der Waals surface area contributed by atoms with Gasteiger partial charge < -0.3 is 15.5 Å². The Bertz CT molecular complexity index is 428. The van der Waals surface area contributed by atoms with Crippen molar-refractivity contribution < 1.29 is 4.79 Å². The number of benzene rings is 1. The number of nitrogens with zero attached hydrogens (tertiary/aromatic N) is 1. The third-order valence-corrected chi connectivity index (χ3v) is 3.67. The van der Waals surface area contributed by atoms with Crippen LogP contribution in [0.15, 0.2) is 24.3 Å². The molecule has 1 aromatic rings. The van der Waals surface area contributed by atoms with Gasteiger partial charge in [-0.2, -0.15) is 0 Å². The van der Waals surface area contributed by atoms with Crippen LogP contribution in [-0.4, -0.2) is 31.1 Å². The van der Waals surface area contributed by atoms with Gasteiger partial charge in [-0.1, -0.05) is 6.92 Å². The van der Waals surface area contributed by atoms with Crippen molar-refractivity contribution in [3.05, 3.63) is 24.3 Å². The van der Waals surface area contributed by atoms with Crippen LogP contribution in [0.3, 0.4) is 0 Å². The molecule has 0 heterocycles. The van der Waals surface area contributed by atoms with Gasteiger partial charge in [0.15, 0.2) is 0 Å². The van der Waals surface area contributed by atoms with E-state index in [-0.39, 0.29) is 5.91 Å². The molecular weight excluding hydrogens is 262 g/mol. The van der Waals surface area contributed by atoms with Gasteiger partial charge in [0.05, 0.1) is 6.54 Å². The highest BCUT2D eigenvalue weighted by Crippen LogP contribution is 2.19. The first-order chi connectivity index (χ1) is 9.97.